The highest BCUT2D eigenvalue weighted by Gasteiger charge is 2.50. The normalized spacial score (nSPS) is 27.8. The summed E-state index contributed by atoms with van der Waals surface area (Å²) in [5.41, 5.74) is 16.0. The number of piperidine rings is 6. The molecule has 12 aliphatic rings. The van der Waals surface area contributed by atoms with Crippen molar-refractivity contribution in [1.29, 1.82) is 0 Å². The van der Waals surface area contributed by atoms with E-state index in [1.165, 1.54) is 182 Å². The van der Waals surface area contributed by atoms with Crippen LogP contribution in [0.5, 0.6) is 17.2 Å². The van der Waals surface area contributed by atoms with Crippen molar-refractivity contribution in [2.45, 2.75) is 298 Å². The molecule has 6 aliphatic heterocycles. The number of likely N-dealkylation sites (tertiary alicyclic amines) is 6. The van der Waals surface area contributed by atoms with Crippen LogP contribution in [0.25, 0.3) is 0 Å². The lowest BCUT2D eigenvalue weighted by atomic mass is 9.59. The molecule has 644 valence electrons. The molecule has 5 aromatic rings. The third-order valence-electron chi connectivity index (χ3n) is 29.7. The van der Waals surface area contributed by atoms with Crippen molar-refractivity contribution in [2.75, 3.05) is 78.5 Å². The second kappa shape index (κ2) is 42.1. The van der Waals surface area contributed by atoms with Gasteiger partial charge in [0.15, 0.2) is 0 Å². The lowest BCUT2D eigenvalue weighted by Gasteiger charge is -2.49. The molecule has 6 heterocycles. The fourth-order valence-corrected chi connectivity index (χ4v) is 23.1. The summed E-state index contributed by atoms with van der Waals surface area (Å²) in [4.78, 5) is 76.2. The highest BCUT2D eigenvalue weighted by Crippen LogP contribution is 2.51. The van der Waals surface area contributed by atoms with Gasteiger partial charge in [-0.2, -0.15) is 0 Å². The molecule has 6 saturated heterocycles. The Morgan fingerprint density at radius 2 is 0.746 bits per heavy atom. The van der Waals surface area contributed by atoms with Crippen molar-refractivity contribution < 1.29 is 48.0 Å². The predicted molar refractivity (Wildman–Crippen MR) is 470 cm³/mol. The summed E-state index contributed by atoms with van der Waals surface area (Å²) in [7, 11) is 0. The molecule has 118 heavy (non-hydrogen) atoms. The Morgan fingerprint density at radius 3 is 1.14 bits per heavy atom. The number of rotatable bonds is 11. The van der Waals surface area contributed by atoms with Gasteiger partial charge < -0.3 is 69.8 Å². The van der Waals surface area contributed by atoms with Gasteiger partial charge in [0.1, 0.15) is 30.5 Å². The molecule has 17 rings (SSSR count). The molecule has 0 aromatic heterocycles. The number of phenolic OH excluding ortho intramolecular Hbond substituents is 1. The van der Waals surface area contributed by atoms with E-state index in [1.54, 1.807) is 11.0 Å². The van der Waals surface area contributed by atoms with Crippen LogP contribution in [0.4, 0.5) is 24.0 Å². The number of hydrogen-bond acceptors (Lipinski definition) is 14. The number of amides is 5. The number of phenols is 1. The third kappa shape index (κ3) is 22.2. The molecule has 5 N–H and O–H groups in total. The van der Waals surface area contributed by atoms with Crippen LogP contribution in [0, 0.1) is 17.8 Å². The first-order valence-corrected chi connectivity index (χ1v) is 46.1. The second-order valence-corrected chi connectivity index (χ2v) is 37.6. The number of hydrogen-bond donors (Lipinski definition) is 4. The van der Waals surface area contributed by atoms with Crippen LogP contribution in [0.1, 0.15) is 258 Å². The van der Waals surface area contributed by atoms with E-state index < -0.39 is 0 Å². The highest BCUT2D eigenvalue weighted by molar-refractivity contribution is 6.62. The van der Waals surface area contributed by atoms with E-state index in [1.807, 2.05) is 88.7 Å². The average molecular weight is 1660 g/mol. The molecule has 5 aromatic carbocycles. The molecule has 9 fully saturated rings. The topological polar surface area (TPSA) is 212 Å². The monoisotopic (exact) mass is 1660 g/mol. The van der Waals surface area contributed by atoms with Gasteiger partial charge in [-0.3, -0.25) is 4.79 Å². The number of aromatic hydroxyl groups is 1. The van der Waals surface area contributed by atoms with E-state index in [0.717, 1.165) is 153 Å². The van der Waals surface area contributed by atoms with Gasteiger partial charge in [-0.1, -0.05) is 177 Å². The van der Waals surface area contributed by atoms with Crippen LogP contribution >= 0.6 is 24.0 Å². The Bertz CT molecular complexity index is 4060. The summed E-state index contributed by atoms with van der Waals surface area (Å²) in [6.07, 6.45) is 37.5. The maximum absolute atomic E-state index is 13.2. The van der Waals surface area contributed by atoms with Gasteiger partial charge >= 0.3 is 29.7 Å². The van der Waals surface area contributed by atoms with Crippen molar-refractivity contribution in [3.05, 3.63) is 160 Å². The molecule has 0 spiro atoms. The Balaban J connectivity index is 0.000000143. The van der Waals surface area contributed by atoms with E-state index in [2.05, 4.69) is 76.4 Å². The molecule has 0 radical (unpaired) electrons. The number of ether oxygens (including phenoxy) is 4. The van der Waals surface area contributed by atoms with E-state index in [-0.39, 0.29) is 89.7 Å². The molecule has 0 unspecified atom stereocenters. The Labute approximate surface area is 715 Å². The van der Waals surface area contributed by atoms with Crippen LogP contribution in [0.2, 0.25) is 0 Å². The number of halogens is 2. The smallest absolute Gasteiger partial charge is 0.415 e. The first-order valence-electron chi connectivity index (χ1n) is 45.8. The summed E-state index contributed by atoms with van der Waals surface area (Å²) >= 11 is 5.46. The number of nitrogens with two attached hydrogens (primary N) is 1. The van der Waals surface area contributed by atoms with E-state index in [4.69, 9.17) is 36.3 Å². The van der Waals surface area contributed by atoms with E-state index in [9.17, 15) is 29.1 Å². The molecule has 19 nitrogen and oxygen atoms in total. The zero-order valence-corrected chi connectivity index (χ0v) is 72.6. The van der Waals surface area contributed by atoms with Gasteiger partial charge in [-0.05, 0) is 284 Å². The number of carbonyl (C=O) groups excluding carboxylic acids is 5. The van der Waals surface area contributed by atoms with Crippen LogP contribution < -0.4 is 25.8 Å². The molecule has 6 aliphatic carbocycles. The van der Waals surface area contributed by atoms with Gasteiger partial charge in [0.05, 0.1) is 0 Å². The van der Waals surface area contributed by atoms with Gasteiger partial charge in [0, 0.05) is 91.8 Å². The van der Waals surface area contributed by atoms with E-state index in [0.29, 0.717) is 53.1 Å². The average Bonchev–Trinajstić information content (AvgIpc) is 0.754. The summed E-state index contributed by atoms with van der Waals surface area (Å²) < 4.78 is 23.1. The van der Waals surface area contributed by atoms with Gasteiger partial charge in [-0.25, -0.2) is 19.2 Å². The highest BCUT2D eigenvalue weighted by atomic mass is 35.5. The van der Waals surface area contributed by atoms with Crippen molar-refractivity contribution in [1.82, 2.24) is 40.0 Å². The molecule has 9 atom stereocenters. The summed E-state index contributed by atoms with van der Waals surface area (Å²) in [6.45, 7) is 19.5. The molecule has 5 amide bonds. The Kier molecular flexibility index (Phi) is 31.6. The van der Waals surface area contributed by atoms with Crippen molar-refractivity contribution in [3.63, 3.8) is 0 Å². The number of alkyl carbamates (subject to hydrolysis) is 2. The van der Waals surface area contributed by atoms with Crippen LogP contribution in [-0.2, 0) is 58.2 Å². The number of benzene rings is 5. The van der Waals surface area contributed by atoms with Crippen molar-refractivity contribution in [3.8, 4) is 17.2 Å². The fourth-order valence-electron chi connectivity index (χ4n) is 22.9. The first kappa shape index (κ1) is 88.7. The first-order chi connectivity index (χ1) is 56.9. The fraction of sp³-hybridized carbons (Fsp3) is 0.639. The van der Waals surface area contributed by atoms with Crippen molar-refractivity contribution in [2.24, 2.45) is 23.5 Å². The molecule has 3 saturated carbocycles. The largest absolute Gasteiger partial charge is 0.508 e. The number of nitrogens with zero attached hydrogens (tertiary/aromatic N) is 6. The van der Waals surface area contributed by atoms with Gasteiger partial charge in [-0.15, -0.1) is 12.4 Å². The summed E-state index contributed by atoms with van der Waals surface area (Å²) in [6, 6.07) is 39.9. The van der Waals surface area contributed by atoms with Crippen LogP contribution in [0.15, 0.2) is 115 Å². The van der Waals surface area contributed by atoms with Crippen molar-refractivity contribution >= 4 is 53.7 Å². The minimum absolute atomic E-state index is 0. The summed E-state index contributed by atoms with van der Waals surface area (Å²) in [5.74, 6) is 2.89. The van der Waals surface area contributed by atoms with E-state index >= 15 is 0 Å². The Hall–Kier alpha value is -7.13. The standard InChI is InChI=1S/C35H47N3O4.C27H41N3O2.C24H29NO3.C11H19ClN2O.ClH/c1-35-18-8-3-7-13-28(32(35)36-33(39)41-25-26-11-5-2-6-12-26)23-27-14-15-30(24-31(27)35)42-34(40)38-21-16-29(17-22-38)37-19-9-4-10-20-37;1-27-13-5-2-4-8-21(25(27)28)18-20-9-10-23(19-24(20)27)32-26(31)30-16-11-22(12-17-30)29-14-6-3-7-15-29;1-24-13-7-3-6-10-19(14-18-11-12-20(26)15-21(18)24)22(24)25-23(27)28-16-17-8-4-2-5-9-17;12-11(15)14-8-4-10(5-9-14)13-6-2-1-3-7-13;/h2,5-6,11-12,14-15,24,28-29,32H,3-4,7-10,13,16-23,25H2,1H3,(H,36,39);9-10,19,21-22,25H,2-8,11-18,28H2,1H3;2,4-5,8-9,11-12,15,19,22,26H,3,6-7,10,13-14,16H2,1H3,(H,25,27);10H,1-9H2;1H/t28-,32-,35+;21-,25-,27+;19-,22-,24+;;/m000../s1. The van der Waals surface area contributed by atoms with Gasteiger partial charge in [0.2, 0.25) is 0 Å². The quantitative estimate of drug-likeness (QED) is 0.0716. The lowest BCUT2D eigenvalue weighted by Crippen LogP contribution is -2.57. The zero-order valence-electron chi connectivity index (χ0n) is 71.1. The minimum Gasteiger partial charge on any atom is -0.508 e. The molecule has 21 heteroatoms. The summed E-state index contributed by atoms with van der Waals surface area (Å²) in [5, 5.41) is 16.3. The second-order valence-electron chi connectivity index (χ2n) is 37.2. The molecular formula is C97H137Cl2N9O10. The maximum atomic E-state index is 13.2. The number of fused-ring (bicyclic) bond motifs is 12. The van der Waals surface area contributed by atoms with Crippen LogP contribution in [-0.4, -0.2) is 179 Å². The predicted octanol–water partition coefficient (Wildman–Crippen LogP) is 19.5. The third-order valence-corrected chi connectivity index (χ3v) is 29.9. The zero-order chi connectivity index (χ0) is 81.3. The maximum Gasteiger partial charge on any atom is 0.415 e. The lowest BCUT2D eigenvalue weighted by molar-refractivity contribution is 0.0874. The minimum atomic E-state index is -0.361. The Morgan fingerprint density at radius 1 is 0.407 bits per heavy atom. The molecular weight excluding hydrogens is 1520 g/mol. The molecule has 6 bridgehead atoms. The van der Waals surface area contributed by atoms with Gasteiger partial charge in [0.25, 0.3) is 0 Å². The number of carbonyl (C=O) groups is 5. The number of nitrogens with one attached hydrogen (secondary N) is 2. The SMILES string of the molecule is C[C@@]12CCCCC[C@@H](Cc3ccc(O)cc31)[C@@H]2NC(=O)OCc1ccccc1.C[C@@]12CCCCC[C@@H](Cc3ccc(OC(=O)N4CCC(N5CCCCC5)CC4)cc31)[C@@H]2N.C[C@@]12CCCCC[C@@H](Cc3ccc(OC(=O)N4CCC(N5CCCCC5)CC4)cc31)[C@@H]2NC(=O)OCc1ccccc1.Cl.O=C(Cl)N1CCC(N2CCCCC2)CC1. The van der Waals surface area contributed by atoms with Crippen LogP contribution in [0.3, 0.4) is 0 Å².